The highest BCUT2D eigenvalue weighted by Crippen LogP contribution is 2.39. The smallest absolute Gasteiger partial charge is 0.329 e. The maximum Gasteiger partial charge on any atom is 0.329 e. The minimum absolute atomic E-state index is 0.0684. The number of Topliss-reactive ketones (excluding diaryl/α,β-unsaturated/α-hetero) is 2. The van der Waals surface area contributed by atoms with Crippen LogP contribution in [0.1, 0.15) is 132 Å². The molecule has 0 radical (unpaired) electrons. The van der Waals surface area contributed by atoms with Crippen LogP contribution >= 0.6 is 0 Å². The Balaban J connectivity index is 1.71. The SMILES string of the molecule is CCC1/C=C(\C)CC(C)CC(OC)C2OC(O)(C(=O)C(=O)N3CCCCC3C(=O)OC(C(C)=CC3CCC(N)C(OCC=C(C)C)C3)C(C)CCC1=O)C(C)CC2OC. The van der Waals surface area contributed by atoms with Gasteiger partial charge in [0.25, 0.3) is 11.7 Å². The largest absolute Gasteiger partial charge is 0.456 e. The van der Waals surface area contributed by atoms with Crippen LogP contribution in [0.15, 0.2) is 34.9 Å². The third-order valence-electron chi connectivity index (χ3n) is 13.3. The number of rotatable bonds is 8. The molecule has 0 aromatic heterocycles. The van der Waals surface area contributed by atoms with Crippen molar-refractivity contribution in [3.05, 3.63) is 34.9 Å². The molecule has 3 fully saturated rings. The fourth-order valence-corrected chi connectivity index (χ4v) is 9.71. The molecule has 2 bridgehead atoms. The van der Waals surface area contributed by atoms with Crippen LogP contribution in [0, 0.1) is 29.6 Å². The predicted molar refractivity (Wildman–Crippen MR) is 227 cm³/mol. The average Bonchev–Trinajstić information content (AvgIpc) is 3.20. The van der Waals surface area contributed by atoms with Crippen molar-refractivity contribution in [2.75, 3.05) is 27.4 Å². The topological polar surface area (TPSA) is 164 Å². The number of nitrogens with two attached hydrogens (primary N) is 1. The number of amides is 1. The number of hydrogen-bond donors (Lipinski definition) is 2. The summed E-state index contributed by atoms with van der Waals surface area (Å²) in [5.41, 5.74) is 9.63. The molecular formula is C47H76N2O10. The van der Waals surface area contributed by atoms with Crippen molar-refractivity contribution in [1.29, 1.82) is 0 Å². The van der Waals surface area contributed by atoms with Crippen molar-refractivity contribution in [2.24, 2.45) is 35.3 Å². The summed E-state index contributed by atoms with van der Waals surface area (Å²) in [6.07, 6.45) is 10.5. The first-order valence-corrected chi connectivity index (χ1v) is 22.3. The van der Waals surface area contributed by atoms with Crippen LogP contribution < -0.4 is 5.73 Å². The van der Waals surface area contributed by atoms with E-state index in [9.17, 15) is 24.3 Å². The molecule has 3 aliphatic heterocycles. The molecule has 0 aromatic carbocycles. The van der Waals surface area contributed by atoms with E-state index in [4.69, 9.17) is 29.4 Å². The highest BCUT2D eigenvalue weighted by Gasteiger charge is 2.56. The van der Waals surface area contributed by atoms with Crippen LogP contribution in [0.2, 0.25) is 0 Å². The molecule has 0 spiro atoms. The van der Waals surface area contributed by atoms with E-state index in [2.05, 4.69) is 19.1 Å². The summed E-state index contributed by atoms with van der Waals surface area (Å²) >= 11 is 0. The van der Waals surface area contributed by atoms with Crippen LogP contribution in [0.3, 0.4) is 0 Å². The molecule has 12 heteroatoms. The van der Waals surface area contributed by atoms with Crippen LogP contribution in [-0.4, -0.2) is 109 Å². The van der Waals surface area contributed by atoms with Crippen LogP contribution in [0.5, 0.6) is 0 Å². The number of carbonyl (C=O) groups excluding carboxylic acids is 4. The Bertz CT molecular complexity index is 1540. The second-order valence-electron chi connectivity index (χ2n) is 18.5. The minimum Gasteiger partial charge on any atom is -0.456 e. The fourth-order valence-electron chi connectivity index (χ4n) is 9.71. The summed E-state index contributed by atoms with van der Waals surface area (Å²) in [7, 11) is 3.12. The first-order chi connectivity index (χ1) is 27.9. The lowest BCUT2D eigenvalue weighted by molar-refractivity contribution is -0.302. The maximum absolute atomic E-state index is 14.4. The van der Waals surface area contributed by atoms with Gasteiger partial charge >= 0.3 is 5.97 Å². The third kappa shape index (κ3) is 12.7. The number of hydrogen-bond acceptors (Lipinski definition) is 11. The van der Waals surface area contributed by atoms with Gasteiger partial charge in [0.1, 0.15) is 24.0 Å². The van der Waals surface area contributed by atoms with Crippen LogP contribution in [0.25, 0.3) is 0 Å². The first kappa shape index (κ1) is 48.9. The van der Waals surface area contributed by atoms with Crippen molar-refractivity contribution in [3.63, 3.8) is 0 Å². The van der Waals surface area contributed by atoms with Crippen LogP contribution in [0.4, 0.5) is 0 Å². The summed E-state index contributed by atoms with van der Waals surface area (Å²) in [5, 5.41) is 12.1. The van der Waals surface area contributed by atoms with Gasteiger partial charge in [-0.1, -0.05) is 57.1 Å². The molecule has 3 N–H and O–H groups in total. The molecular weight excluding hydrogens is 753 g/mol. The van der Waals surface area contributed by atoms with Crippen LogP contribution in [-0.2, 0) is 42.9 Å². The highest BCUT2D eigenvalue weighted by atomic mass is 16.7. The number of allylic oxidation sites excluding steroid dienone is 4. The Kier molecular flexibility index (Phi) is 18.6. The number of fused-ring (bicyclic) bond motifs is 3. The zero-order valence-corrected chi connectivity index (χ0v) is 37.7. The molecule has 1 saturated carbocycles. The molecule has 12 nitrogen and oxygen atoms in total. The normalized spacial score (nSPS) is 38.7. The Morgan fingerprint density at radius 2 is 1.66 bits per heavy atom. The van der Waals surface area contributed by atoms with Gasteiger partial charge in [-0.05, 0) is 122 Å². The van der Waals surface area contributed by atoms with Gasteiger partial charge in [0.15, 0.2) is 0 Å². The zero-order chi connectivity index (χ0) is 43.6. The molecule has 13 unspecified atom stereocenters. The van der Waals surface area contributed by atoms with Crippen molar-refractivity contribution >= 4 is 23.4 Å². The number of ether oxygens (including phenoxy) is 5. The van der Waals surface area contributed by atoms with Gasteiger partial charge in [-0.3, -0.25) is 14.4 Å². The van der Waals surface area contributed by atoms with Crippen molar-refractivity contribution in [2.45, 2.75) is 181 Å². The zero-order valence-electron chi connectivity index (χ0n) is 37.7. The standard InChI is InChI=1S/C47H76N2O10/c1-11-35-23-29(4)22-30(5)24-40(55-9)43-41(56-10)26-33(8)47(54,59-43)44(51)45(52)49-20-13-12-14-37(49)46(53)58-42(31(6)15-18-38(35)50)32(7)25-34-16-17-36(48)39(27-34)57-21-19-28(2)3/h19,23,25,30-31,33-37,39-43,54H,11-18,20-22,24,26-27,48H2,1-10H3/b29-23+,32-25?. The van der Waals surface area contributed by atoms with Gasteiger partial charge in [-0.15, -0.1) is 0 Å². The molecule has 3 heterocycles. The number of ketones is 2. The van der Waals surface area contributed by atoms with E-state index in [-0.39, 0.29) is 54.6 Å². The Labute approximate surface area is 354 Å². The van der Waals surface area contributed by atoms with E-state index in [0.29, 0.717) is 58.0 Å². The number of aliphatic hydroxyl groups is 1. The number of carbonyl (C=O) groups is 4. The quantitative estimate of drug-likeness (QED) is 0.150. The Morgan fingerprint density at radius 3 is 2.32 bits per heavy atom. The lowest BCUT2D eigenvalue weighted by Crippen LogP contribution is -2.64. The number of cyclic esters (lactones) is 1. The molecule has 13 atom stereocenters. The van der Waals surface area contributed by atoms with Gasteiger partial charge in [-0.2, -0.15) is 0 Å². The number of methoxy groups -OCH3 is 2. The van der Waals surface area contributed by atoms with E-state index >= 15 is 0 Å². The summed E-state index contributed by atoms with van der Waals surface area (Å²) < 4.78 is 30.7. The van der Waals surface area contributed by atoms with Crippen molar-refractivity contribution in [3.8, 4) is 0 Å². The van der Waals surface area contributed by atoms with Gasteiger partial charge in [0.05, 0.1) is 24.9 Å². The molecule has 1 amide bonds. The molecule has 0 aromatic rings. The highest BCUT2D eigenvalue weighted by molar-refractivity contribution is 6.39. The van der Waals surface area contributed by atoms with Gasteiger partial charge < -0.3 is 39.4 Å². The Morgan fingerprint density at radius 1 is 0.966 bits per heavy atom. The molecule has 1 aliphatic carbocycles. The van der Waals surface area contributed by atoms with Gasteiger partial charge in [-0.25, -0.2) is 4.79 Å². The minimum atomic E-state index is -2.46. The molecule has 334 valence electrons. The summed E-state index contributed by atoms with van der Waals surface area (Å²) in [5.74, 6) is -6.04. The predicted octanol–water partition coefficient (Wildman–Crippen LogP) is 6.80. The van der Waals surface area contributed by atoms with E-state index in [1.54, 1.807) is 21.1 Å². The van der Waals surface area contributed by atoms with E-state index in [1.807, 2.05) is 47.6 Å². The second-order valence-corrected chi connectivity index (χ2v) is 18.5. The van der Waals surface area contributed by atoms with Crippen molar-refractivity contribution < 1.29 is 48.0 Å². The van der Waals surface area contributed by atoms with E-state index in [0.717, 1.165) is 30.4 Å². The molecule has 2 saturated heterocycles. The molecule has 4 aliphatic rings. The lowest BCUT2D eigenvalue weighted by Gasteiger charge is -2.47. The summed E-state index contributed by atoms with van der Waals surface area (Å²) in [4.78, 5) is 58.0. The maximum atomic E-state index is 14.4. The number of piperidine rings is 1. The Hall–Kier alpha value is -2.74. The van der Waals surface area contributed by atoms with E-state index < -0.39 is 59.8 Å². The monoisotopic (exact) mass is 829 g/mol. The second kappa shape index (κ2) is 22.4. The average molecular weight is 829 g/mol. The fraction of sp³-hybridized carbons (Fsp3) is 0.787. The first-order valence-electron chi connectivity index (χ1n) is 22.3. The summed E-state index contributed by atoms with van der Waals surface area (Å²) in [6.45, 7) is 16.5. The van der Waals surface area contributed by atoms with E-state index in [1.165, 1.54) is 10.5 Å². The van der Waals surface area contributed by atoms with Crippen molar-refractivity contribution in [1.82, 2.24) is 4.90 Å². The number of esters is 1. The molecule has 4 rings (SSSR count). The third-order valence-corrected chi connectivity index (χ3v) is 13.3. The molecule has 59 heavy (non-hydrogen) atoms. The van der Waals surface area contributed by atoms with Gasteiger partial charge in [0.2, 0.25) is 5.79 Å². The number of nitrogens with zero attached hydrogens (tertiary/aromatic N) is 1. The summed E-state index contributed by atoms with van der Waals surface area (Å²) in [6, 6.07) is -1.10. The lowest BCUT2D eigenvalue weighted by atomic mass is 9.81. The van der Waals surface area contributed by atoms with Gasteiger partial charge in [0, 0.05) is 45.1 Å².